The van der Waals surface area contributed by atoms with Gasteiger partial charge in [-0.05, 0) is 36.8 Å². The molecule has 11 heteroatoms. The lowest BCUT2D eigenvalue weighted by Crippen LogP contribution is -2.14. The zero-order chi connectivity index (χ0) is 20.9. The third-order valence-electron chi connectivity index (χ3n) is 3.54. The standard InChI is InChI=1S/C17H15F4N3O4/c1-2-28-16(25)23-14-6-3-10(7-15(14)24(26)27)9-22-11-4-5-12(13(18)8-11)17(19,20)21/h3-8,22H,2,9H2,1H3,(H,23,25). The second kappa shape index (κ2) is 8.55. The van der Waals surface area contributed by atoms with Crippen LogP contribution >= 0.6 is 0 Å². The van der Waals surface area contributed by atoms with Gasteiger partial charge in [0.05, 0.1) is 17.1 Å². The Balaban J connectivity index is 2.14. The van der Waals surface area contributed by atoms with E-state index in [0.29, 0.717) is 17.7 Å². The molecular weight excluding hydrogens is 386 g/mol. The lowest BCUT2D eigenvalue weighted by molar-refractivity contribution is -0.384. The second-order valence-electron chi connectivity index (χ2n) is 5.50. The summed E-state index contributed by atoms with van der Waals surface area (Å²) in [4.78, 5) is 21.9. The van der Waals surface area contributed by atoms with E-state index in [2.05, 4.69) is 15.4 Å². The summed E-state index contributed by atoms with van der Waals surface area (Å²) in [5.74, 6) is -1.43. The molecule has 0 fully saturated rings. The van der Waals surface area contributed by atoms with Gasteiger partial charge in [0.2, 0.25) is 0 Å². The Morgan fingerprint density at radius 2 is 1.93 bits per heavy atom. The minimum Gasteiger partial charge on any atom is -0.450 e. The van der Waals surface area contributed by atoms with E-state index in [9.17, 15) is 32.5 Å². The summed E-state index contributed by atoms with van der Waals surface area (Å²) in [5.41, 5.74) is -1.40. The summed E-state index contributed by atoms with van der Waals surface area (Å²) in [6.07, 6.45) is -5.65. The van der Waals surface area contributed by atoms with E-state index in [4.69, 9.17) is 0 Å². The first-order valence-corrected chi connectivity index (χ1v) is 7.93. The largest absolute Gasteiger partial charge is 0.450 e. The Morgan fingerprint density at radius 1 is 1.21 bits per heavy atom. The normalized spacial score (nSPS) is 11.0. The molecule has 28 heavy (non-hydrogen) atoms. The van der Waals surface area contributed by atoms with Crippen LogP contribution in [0.1, 0.15) is 18.1 Å². The van der Waals surface area contributed by atoms with Gasteiger partial charge in [-0.2, -0.15) is 13.2 Å². The van der Waals surface area contributed by atoms with Gasteiger partial charge in [0.1, 0.15) is 11.5 Å². The fraction of sp³-hybridized carbons (Fsp3) is 0.235. The molecule has 7 nitrogen and oxygen atoms in total. The number of hydrogen-bond acceptors (Lipinski definition) is 5. The van der Waals surface area contributed by atoms with E-state index < -0.39 is 34.3 Å². The number of ether oxygens (including phenoxy) is 1. The van der Waals surface area contributed by atoms with Gasteiger partial charge in [0.15, 0.2) is 0 Å². The molecule has 0 aliphatic carbocycles. The molecule has 0 saturated heterocycles. The van der Waals surface area contributed by atoms with E-state index in [0.717, 1.165) is 6.07 Å². The van der Waals surface area contributed by atoms with Crippen molar-refractivity contribution in [2.75, 3.05) is 17.2 Å². The lowest BCUT2D eigenvalue weighted by Gasteiger charge is -2.12. The molecule has 2 rings (SSSR count). The van der Waals surface area contributed by atoms with Crippen molar-refractivity contribution in [1.29, 1.82) is 0 Å². The van der Waals surface area contributed by atoms with Crippen LogP contribution in [0.3, 0.4) is 0 Å². The van der Waals surface area contributed by atoms with Gasteiger partial charge in [-0.3, -0.25) is 15.4 Å². The molecule has 2 aromatic carbocycles. The molecule has 0 spiro atoms. The maximum absolute atomic E-state index is 13.6. The van der Waals surface area contributed by atoms with Crippen LogP contribution in [-0.2, 0) is 17.5 Å². The number of nitrogens with one attached hydrogen (secondary N) is 2. The van der Waals surface area contributed by atoms with Crippen molar-refractivity contribution < 1.29 is 32.0 Å². The molecule has 1 amide bonds. The fourth-order valence-corrected chi connectivity index (χ4v) is 2.28. The first kappa shape index (κ1) is 20.9. The van der Waals surface area contributed by atoms with Crippen molar-refractivity contribution in [2.24, 2.45) is 0 Å². The van der Waals surface area contributed by atoms with Crippen molar-refractivity contribution in [3.63, 3.8) is 0 Å². The van der Waals surface area contributed by atoms with Gasteiger partial charge >= 0.3 is 12.3 Å². The zero-order valence-corrected chi connectivity index (χ0v) is 14.5. The van der Waals surface area contributed by atoms with E-state index >= 15 is 0 Å². The van der Waals surface area contributed by atoms with Crippen LogP contribution in [0, 0.1) is 15.9 Å². The Kier molecular flexibility index (Phi) is 6.39. The van der Waals surface area contributed by atoms with E-state index in [-0.39, 0.29) is 24.5 Å². The molecule has 0 aromatic heterocycles. The maximum atomic E-state index is 13.6. The van der Waals surface area contributed by atoms with Gasteiger partial charge in [0.25, 0.3) is 5.69 Å². The number of anilines is 2. The molecule has 0 aliphatic rings. The highest BCUT2D eigenvalue weighted by Crippen LogP contribution is 2.32. The van der Waals surface area contributed by atoms with Gasteiger partial charge in [-0.25, -0.2) is 9.18 Å². The van der Waals surface area contributed by atoms with Crippen LogP contribution < -0.4 is 10.6 Å². The number of nitro benzene ring substituents is 1. The average Bonchev–Trinajstić information content (AvgIpc) is 2.59. The number of carbonyl (C=O) groups excluding carboxylic acids is 1. The molecule has 0 heterocycles. The summed E-state index contributed by atoms with van der Waals surface area (Å²) < 4.78 is 55.9. The number of halogens is 4. The van der Waals surface area contributed by atoms with Crippen molar-refractivity contribution >= 4 is 23.2 Å². The van der Waals surface area contributed by atoms with E-state index in [1.807, 2.05) is 0 Å². The van der Waals surface area contributed by atoms with Crippen LogP contribution in [-0.4, -0.2) is 17.6 Å². The summed E-state index contributed by atoms with van der Waals surface area (Å²) in [7, 11) is 0. The van der Waals surface area contributed by atoms with Gasteiger partial charge < -0.3 is 10.1 Å². The van der Waals surface area contributed by atoms with Crippen molar-refractivity contribution in [1.82, 2.24) is 0 Å². The number of rotatable bonds is 6. The number of hydrogen-bond donors (Lipinski definition) is 2. The van der Waals surface area contributed by atoms with Crippen LogP contribution in [0.5, 0.6) is 0 Å². The third kappa shape index (κ3) is 5.32. The van der Waals surface area contributed by atoms with E-state index in [1.54, 1.807) is 6.92 Å². The molecule has 0 radical (unpaired) electrons. The molecule has 0 aliphatic heterocycles. The fourth-order valence-electron chi connectivity index (χ4n) is 2.28. The highest BCUT2D eigenvalue weighted by Gasteiger charge is 2.33. The van der Waals surface area contributed by atoms with Crippen LogP contribution in [0.4, 0.5) is 39.4 Å². The second-order valence-corrected chi connectivity index (χ2v) is 5.50. The van der Waals surface area contributed by atoms with Crippen LogP contribution in [0.15, 0.2) is 36.4 Å². The smallest absolute Gasteiger partial charge is 0.419 e. The number of nitrogens with zero attached hydrogens (tertiary/aromatic N) is 1. The van der Waals surface area contributed by atoms with Gasteiger partial charge in [-0.15, -0.1) is 0 Å². The van der Waals surface area contributed by atoms with Crippen LogP contribution in [0.25, 0.3) is 0 Å². The molecule has 2 aromatic rings. The summed E-state index contributed by atoms with van der Waals surface area (Å²) in [6.45, 7) is 1.64. The molecule has 2 N–H and O–H groups in total. The van der Waals surface area contributed by atoms with Gasteiger partial charge in [0, 0.05) is 18.3 Å². The molecule has 0 bridgehead atoms. The molecular formula is C17H15F4N3O4. The summed E-state index contributed by atoms with van der Waals surface area (Å²) >= 11 is 0. The highest BCUT2D eigenvalue weighted by atomic mass is 19.4. The number of carbonyl (C=O) groups is 1. The Labute approximate surface area is 156 Å². The summed E-state index contributed by atoms with van der Waals surface area (Å²) in [6, 6.07) is 6.27. The van der Waals surface area contributed by atoms with Gasteiger partial charge in [-0.1, -0.05) is 6.07 Å². The quantitative estimate of drug-likeness (QED) is 0.407. The topological polar surface area (TPSA) is 93.5 Å². The predicted octanol–water partition coefficient (Wildman–Crippen LogP) is 4.93. The Bertz CT molecular complexity index is 887. The number of amides is 1. The zero-order valence-electron chi connectivity index (χ0n) is 14.5. The van der Waals surface area contributed by atoms with Crippen molar-refractivity contribution in [2.45, 2.75) is 19.6 Å². The predicted molar refractivity (Wildman–Crippen MR) is 92.5 cm³/mol. The number of benzene rings is 2. The van der Waals surface area contributed by atoms with Crippen molar-refractivity contribution in [3.05, 3.63) is 63.5 Å². The van der Waals surface area contributed by atoms with Crippen molar-refractivity contribution in [3.8, 4) is 0 Å². The average molecular weight is 401 g/mol. The molecule has 0 atom stereocenters. The van der Waals surface area contributed by atoms with E-state index in [1.165, 1.54) is 18.2 Å². The Hall–Kier alpha value is -3.37. The first-order valence-electron chi connectivity index (χ1n) is 7.93. The molecule has 150 valence electrons. The maximum Gasteiger partial charge on any atom is 0.419 e. The first-order chi connectivity index (χ1) is 13.1. The minimum absolute atomic E-state index is 0.0225. The Morgan fingerprint density at radius 3 is 2.50 bits per heavy atom. The highest BCUT2D eigenvalue weighted by molar-refractivity contribution is 5.87. The lowest BCUT2D eigenvalue weighted by atomic mass is 10.1. The molecule has 0 saturated carbocycles. The number of nitro groups is 1. The number of alkyl halides is 3. The monoisotopic (exact) mass is 401 g/mol. The minimum atomic E-state index is -4.80. The third-order valence-corrected chi connectivity index (χ3v) is 3.54. The SMILES string of the molecule is CCOC(=O)Nc1ccc(CNc2ccc(C(F)(F)F)c(F)c2)cc1[N+](=O)[O-]. The van der Waals surface area contributed by atoms with Crippen LogP contribution in [0.2, 0.25) is 0 Å². The molecule has 0 unspecified atom stereocenters. The summed E-state index contributed by atoms with van der Waals surface area (Å²) in [5, 5.41) is 16.1.